The number of hydrogen-bond donors (Lipinski definition) is 1. The third kappa shape index (κ3) is 3.94. The zero-order chi connectivity index (χ0) is 12.1. The highest BCUT2D eigenvalue weighted by atomic mass is 35.5. The van der Waals surface area contributed by atoms with E-state index in [0.29, 0.717) is 6.42 Å². The number of alkyl halides is 1. The predicted octanol–water partition coefficient (Wildman–Crippen LogP) is 2.72. The summed E-state index contributed by atoms with van der Waals surface area (Å²) in [5.41, 5.74) is 2.51. The van der Waals surface area contributed by atoms with E-state index in [-0.39, 0.29) is 25.1 Å². The molecule has 1 atom stereocenters. The Morgan fingerprint density at radius 2 is 2.06 bits per heavy atom. The van der Waals surface area contributed by atoms with Gasteiger partial charge in [0.1, 0.15) is 0 Å². The average molecular weight is 273 g/mol. The molecule has 1 fully saturated rings. The van der Waals surface area contributed by atoms with Gasteiger partial charge in [-0.15, -0.1) is 12.4 Å². The Bertz CT molecular complexity index is 353. The van der Waals surface area contributed by atoms with Crippen molar-refractivity contribution in [2.24, 2.45) is 0 Å². The first-order chi connectivity index (χ1) is 8.31. The second-order valence-corrected chi connectivity index (χ2v) is 4.69. The van der Waals surface area contributed by atoms with Crippen molar-refractivity contribution in [1.29, 1.82) is 0 Å². The summed E-state index contributed by atoms with van der Waals surface area (Å²) in [6.07, 6.45) is 0.601. The quantitative estimate of drug-likeness (QED) is 0.907. The van der Waals surface area contributed by atoms with E-state index in [2.05, 4.69) is 41.4 Å². The summed E-state index contributed by atoms with van der Waals surface area (Å²) in [5.74, 6) is 0. The molecule has 0 amide bonds. The van der Waals surface area contributed by atoms with Crippen molar-refractivity contribution >= 4 is 12.4 Å². The zero-order valence-corrected chi connectivity index (χ0v) is 11.7. The molecule has 2 nitrogen and oxygen atoms in total. The summed E-state index contributed by atoms with van der Waals surface area (Å²) in [7, 11) is 0. The first-order valence-corrected chi connectivity index (χ1v) is 6.38. The van der Waals surface area contributed by atoms with Crippen molar-refractivity contribution in [3.8, 4) is 0 Å². The lowest BCUT2D eigenvalue weighted by atomic mass is 10.00. The zero-order valence-electron chi connectivity index (χ0n) is 10.9. The molecular weight excluding hydrogens is 251 g/mol. The molecule has 1 aliphatic rings. The number of aryl methyl sites for hydroxylation is 1. The molecule has 18 heavy (non-hydrogen) atoms. The molecule has 0 aliphatic carbocycles. The predicted molar refractivity (Wildman–Crippen MR) is 76.2 cm³/mol. The van der Waals surface area contributed by atoms with E-state index in [1.165, 1.54) is 11.1 Å². The number of halogens is 2. The number of nitrogens with zero attached hydrogens (tertiary/aromatic N) is 1. The minimum atomic E-state index is -0.247. The van der Waals surface area contributed by atoms with Gasteiger partial charge in [-0.3, -0.25) is 9.29 Å². The molecule has 0 unspecified atom stereocenters. The van der Waals surface area contributed by atoms with E-state index in [4.69, 9.17) is 0 Å². The van der Waals surface area contributed by atoms with Gasteiger partial charge < -0.3 is 5.32 Å². The van der Waals surface area contributed by atoms with Gasteiger partial charge in [-0.25, -0.2) is 0 Å². The van der Waals surface area contributed by atoms with Gasteiger partial charge in [0.2, 0.25) is 0 Å². The topological polar surface area (TPSA) is 15.3 Å². The lowest BCUT2D eigenvalue weighted by molar-refractivity contribution is 0.157. The molecule has 1 aromatic rings. The Kier molecular flexibility index (Phi) is 6.61. The molecule has 1 N–H and O–H groups in total. The van der Waals surface area contributed by atoms with E-state index < -0.39 is 0 Å². The minimum absolute atomic E-state index is 0. The second kappa shape index (κ2) is 7.72. The van der Waals surface area contributed by atoms with Crippen LogP contribution in [0.2, 0.25) is 0 Å². The van der Waals surface area contributed by atoms with Crippen LogP contribution in [0.25, 0.3) is 0 Å². The highest BCUT2D eigenvalue weighted by Gasteiger charge is 2.21. The lowest BCUT2D eigenvalue weighted by Crippen LogP contribution is -2.45. The normalized spacial score (nSPS) is 18.1. The first kappa shape index (κ1) is 15.4. The SMILES string of the molecule is Cc1cccc([C@H](CCF)N2CCNCC2)c1.Cl. The van der Waals surface area contributed by atoms with Crippen LogP contribution in [-0.2, 0) is 0 Å². The number of benzene rings is 1. The van der Waals surface area contributed by atoms with Gasteiger partial charge in [0, 0.05) is 32.2 Å². The van der Waals surface area contributed by atoms with Gasteiger partial charge in [0.05, 0.1) is 6.67 Å². The average Bonchev–Trinajstić information content (AvgIpc) is 2.37. The maximum Gasteiger partial charge on any atom is 0.0912 e. The number of nitrogens with one attached hydrogen (secondary N) is 1. The third-order valence-corrected chi connectivity index (χ3v) is 3.40. The van der Waals surface area contributed by atoms with Crippen LogP contribution in [0.15, 0.2) is 24.3 Å². The standard InChI is InChI=1S/C14H21FN2.ClH/c1-12-3-2-4-13(11-12)14(5-6-15)17-9-7-16-8-10-17;/h2-4,11,14,16H,5-10H2,1H3;1H/t14-;/m0./s1. The molecule has 0 saturated carbocycles. The highest BCUT2D eigenvalue weighted by molar-refractivity contribution is 5.85. The molecule has 1 saturated heterocycles. The number of hydrogen-bond acceptors (Lipinski definition) is 2. The van der Waals surface area contributed by atoms with E-state index >= 15 is 0 Å². The van der Waals surface area contributed by atoms with Crippen LogP contribution >= 0.6 is 12.4 Å². The van der Waals surface area contributed by atoms with Crippen LogP contribution in [0, 0.1) is 6.92 Å². The molecule has 102 valence electrons. The minimum Gasteiger partial charge on any atom is -0.314 e. The fourth-order valence-electron chi connectivity index (χ4n) is 2.53. The van der Waals surface area contributed by atoms with E-state index in [9.17, 15) is 4.39 Å². The molecule has 4 heteroatoms. The van der Waals surface area contributed by atoms with Crippen LogP contribution in [0.3, 0.4) is 0 Å². The molecular formula is C14H22ClFN2. The molecule has 0 spiro atoms. The van der Waals surface area contributed by atoms with Crippen molar-refractivity contribution in [2.75, 3.05) is 32.9 Å². The summed E-state index contributed by atoms with van der Waals surface area (Å²) in [4.78, 5) is 2.39. The summed E-state index contributed by atoms with van der Waals surface area (Å²) >= 11 is 0. The molecule has 1 aliphatic heterocycles. The summed E-state index contributed by atoms with van der Waals surface area (Å²) in [5, 5.41) is 3.34. The Hall–Kier alpha value is -0.640. The highest BCUT2D eigenvalue weighted by Crippen LogP contribution is 2.25. The van der Waals surface area contributed by atoms with Gasteiger partial charge in [-0.2, -0.15) is 0 Å². The van der Waals surface area contributed by atoms with Crippen molar-refractivity contribution in [3.63, 3.8) is 0 Å². The monoisotopic (exact) mass is 272 g/mol. The van der Waals surface area contributed by atoms with Crippen LogP contribution in [-0.4, -0.2) is 37.8 Å². The smallest absolute Gasteiger partial charge is 0.0912 e. The molecule has 1 heterocycles. The van der Waals surface area contributed by atoms with Crippen LogP contribution in [0.4, 0.5) is 4.39 Å². The van der Waals surface area contributed by atoms with E-state index in [1.807, 2.05) is 0 Å². The van der Waals surface area contributed by atoms with Gasteiger partial charge in [0.15, 0.2) is 0 Å². The van der Waals surface area contributed by atoms with E-state index in [1.54, 1.807) is 0 Å². The summed E-state index contributed by atoms with van der Waals surface area (Å²) in [6, 6.07) is 8.70. The molecule has 2 rings (SSSR count). The van der Waals surface area contributed by atoms with Gasteiger partial charge in [-0.05, 0) is 18.9 Å². The Morgan fingerprint density at radius 1 is 1.33 bits per heavy atom. The Morgan fingerprint density at radius 3 is 2.67 bits per heavy atom. The second-order valence-electron chi connectivity index (χ2n) is 4.69. The molecule has 0 bridgehead atoms. The fourth-order valence-corrected chi connectivity index (χ4v) is 2.53. The first-order valence-electron chi connectivity index (χ1n) is 6.38. The fraction of sp³-hybridized carbons (Fsp3) is 0.571. The van der Waals surface area contributed by atoms with Crippen molar-refractivity contribution in [3.05, 3.63) is 35.4 Å². The maximum atomic E-state index is 12.7. The van der Waals surface area contributed by atoms with Crippen LogP contribution < -0.4 is 5.32 Å². The summed E-state index contributed by atoms with van der Waals surface area (Å²) in [6.45, 7) is 5.89. The summed E-state index contributed by atoms with van der Waals surface area (Å²) < 4.78 is 12.7. The van der Waals surface area contributed by atoms with Crippen molar-refractivity contribution < 1.29 is 4.39 Å². The maximum absolute atomic E-state index is 12.7. The molecule has 1 aromatic carbocycles. The number of piperazine rings is 1. The van der Waals surface area contributed by atoms with Gasteiger partial charge >= 0.3 is 0 Å². The lowest BCUT2D eigenvalue weighted by Gasteiger charge is -2.35. The Balaban J connectivity index is 0.00000162. The van der Waals surface area contributed by atoms with Crippen LogP contribution in [0.5, 0.6) is 0 Å². The third-order valence-electron chi connectivity index (χ3n) is 3.40. The number of rotatable bonds is 4. The van der Waals surface area contributed by atoms with E-state index in [0.717, 1.165) is 26.2 Å². The largest absolute Gasteiger partial charge is 0.314 e. The Labute approximate surface area is 115 Å². The molecule has 0 radical (unpaired) electrons. The molecule has 0 aromatic heterocycles. The van der Waals surface area contributed by atoms with Gasteiger partial charge in [0.25, 0.3) is 0 Å². The van der Waals surface area contributed by atoms with Gasteiger partial charge in [-0.1, -0.05) is 29.8 Å². The van der Waals surface area contributed by atoms with Crippen molar-refractivity contribution in [1.82, 2.24) is 10.2 Å². The van der Waals surface area contributed by atoms with Crippen LogP contribution in [0.1, 0.15) is 23.6 Å². The van der Waals surface area contributed by atoms with Crippen molar-refractivity contribution in [2.45, 2.75) is 19.4 Å².